The van der Waals surface area contributed by atoms with E-state index in [9.17, 15) is 18.0 Å². The number of hydrogen-bond donors (Lipinski definition) is 2. The van der Waals surface area contributed by atoms with Crippen molar-refractivity contribution in [2.45, 2.75) is 10.1 Å². The lowest BCUT2D eigenvalue weighted by molar-refractivity contribution is -0.113. The van der Waals surface area contributed by atoms with Crippen LogP contribution in [0.3, 0.4) is 0 Å². The second kappa shape index (κ2) is 17.1. The number of amides is 1. The summed E-state index contributed by atoms with van der Waals surface area (Å²) in [6.45, 7) is 0. The van der Waals surface area contributed by atoms with E-state index in [1.807, 2.05) is 65.2 Å². The van der Waals surface area contributed by atoms with E-state index < -0.39 is 10.0 Å². The molecule has 5 aromatic carbocycles. The van der Waals surface area contributed by atoms with Gasteiger partial charge in [0.2, 0.25) is 21.7 Å². The molecule has 0 spiro atoms. The number of benzene rings is 5. The number of sulfonamides is 1. The number of ketones is 1. The van der Waals surface area contributed by atoms with Gasteiger partial charge in [-0.2, -0.15) is 0 Å². The molecule has 58 heavy (non-hydrogen) atoms. The summed E-state index contributed by atoms with van der Waals surface area (Å²) in [6, 6.07) is 35.4. The summed E-state index contributed by atoms with van der Waals surface area (Å²) in [5.41, 5.74) is 5.13. The fourth-order valence-electron chi connectivity index (χ4n) is 6.18. The summed E-state index contributed by atoms with van der Waals surface area (Å²) in [4.78, 5) is 31.1. The average Bonchev–Trinajstić information content (AvgIpc) is 3.68. The predicted molar refractivity (Wildman–Crippen MR) is 224 cm³/mol. The lowest BCUT2D eigenvalue weighted by Gasteiger charge is -2.13. The first-order chi connectivity index (χ1) is 28.1. The third-order valence-electron chi connectivity index (χ3n) is 8.98. The SMILES string of the molecule is COc1cc(/C=C/C(=O)c2ccc(NC(=O)CSc3nnc(-c4cc(-c5ccc(S(N)(=O)=O)cc5)nc5ccccc45)n3-c3ccccc3)cc2)cc(OC)c1OC. The number of nitrogens with two attached hydrogens (primary N) is 1. The number of nitrogens with zero attached hydrogens (tertiary/aromatic N) is 4. The molecule has 2 aromatic heterocycles. The van der Waals surface area contributed by atoms with E-state index in [4.69, 9.17) is 24.3 Å². The Morgan fingerprint density at radius 2 is 1.48 bits per heavy atom. The molecule has 0 radical (unpaired) electrons. The number of ether oxygens (including phenoxy) is 3. The van der Waals surface area contributed by atoms with Crippen LogP contribution in [-0.4, -0.2) is 66.9 Å². The van der Waals surface area contributed by atoms with Gasteiger partial charge in [0, 0.05) is 33.5 Å². The summed E-state index contributed by atoms with van der Waals surface area (Å²) >= 11 is 1.22. The zero-order valence-electron chi connectivity index (χ0n) is 31.4. The number of hydrogen-bond acceptors (Lipinski definition) is 11. The van der Waals surface area contributed by atoms with E-state index in [2.05, 4.69) is 15.5 Å². The molecule has 0 saturated heterocycles. The Labute approximate surface area is 338 Å². The van der Waals surface area contributed by atoms with Gasteiger partial charge >= 0.3 is 0 Å². The van der Waals surface area contributed by atoms with Crippen LogP contribution in [0.1, 0.15) is 15.9 Å². The molecule has 0 aliphatic carbocycles. The summed E-state index contributed by atoms with van der Waals surface area (Å²) in [5, 5.41) is 18.7. The minimum atomic E-state index is -3.87. The van der Waals surface area contributed by atoms with Crippen LogP contribution in [0.25, 0.3) is 45.3 Å². The van der Waals surface area contributed by atoms with Crippen molar-refractivity contribution in [3.8, 4) is 45.6 Å². The van der Waals surface area contributed by atoms with Gasteiger partial charge in [0.25, 0.3) is 0 Å². The van der Waals surface area contributed by atoms with Crippen molar-refractivity contribution in [2.24, 2.45) is 5.14 Å². The van der Waals surface area contributed by atoms with Gasteiger partial charge in [-0.05, 0) is 84.4 Å². The molecule has 1 amide bonds. The number of fused-ring (bicyclic) bond motifs is 1. The monoisotopic (exact) mass is 812 g/mol. The molecule has 0 atom stereocenters. The second-order valence-corrected chi connectivity index (χ2v) is 15.2. The van der Waals surface area contributed by atoms with Crippen molar-refractivity contribution in [3.05, 3.63) is 139 Å². The molecule has 292 valence electrons. The Balaban J connectivity index is 1.10. The van der Waals surface area contributed by atoms with Crippen LogP contribution in [-0.2, 0) is 14.8 Å². The van der Waals surface area contributed by atoms with E-state index in [0.29, 0.717) is 61.8 Å². The minimum Gasteiger partial charge on any atom is -0.493 e. The van der Waals surface area contributed by atoms with Crippen molar-refractivity contribution < 1.29 is 32.2 Å². The first-order valence-corrected chi connectivity index (χ1v) is 20.2. The summed E-state index contributed by atoms with van der Waals surface area (Å²) < 4.78 is 41.8. The predicted octanol–water partition coefficient (Wildman–Crippen LogP) is 7.45. The van der Waals surface area contributed by atoms with Gasteiger partial charge in [0.15, 0.2) is 28.3 Å². The van der Waals surface area contributed by atoms with Crippen LogP contribution in [0.4, 0.5) is 5.69 Å². The number of carbonyl (C=O) groups is 2. The first kappa shape index (κ1) is 39.4. The molecule has 0 saturated carbocycles. The summed E-state index contributed by atoms with van der Waals surface area (Å²) in [6.07, 6.45) is 3.11. The number of rotatable bonds is 14. The highest BCUT2D eigenvalue weighted by Crippen LogP contribution is 2.39. The van der Waals surface area contributed by atoms with E-state index >= 15 is 0 Å². The van der Waals surface area contributed by atoms with Crippen LogP contribution < -0.4 is 24.7 Å². The van der Waals surface area contributed by atoms with Gasteiger partial charge in [-0.3, -0.25) is 14.2 Å². The Morgan fingerprint density at radius 1 is 0.810 bits per heavy atom. The molecular weight excluding hydrogens is 777 g/mol. The number of thioether (sulfide) groups is 1. The van der Waals surface area contributed by atoms with Crippen molar-refractivity contribution in [2.75, 3.05) is 32.4 Å². The molecule has 15 heteroatoms. The quantitative estimate of drug-likeness (QED) is 0.0633. The molecule has 2 heterocycles. The number of nitrogens with one attached hydrogen (secondary N) is 1. The number of aromatic nitrogens is 4. The van der Waals surface area contributed by atoms with Gasteiger partial charge in [0.05, 0.1) is 43.2 Å². The maximum absolute atomic E-state index is 13.3. The number of allylic oxidation sites excluding steroid dienone is 1. The maximum Gasteiger partial charge on any atom is 0.238 e. The number of methoxy groups -OCH3 is 3. The highest BCUT2D eigenvalue weighted by Gasteiger charge is 2.21. The largest absolute Gasteiger partial charge is 0.493 e. The number of pyridine rings is 1. The number of primary sulfonamides is 1. The van der Waals surface area contributed by atoms with Gasteiger partial charge in [-0.1, -0.05) is 66.4 Å². The Kier molecular flexibility index (Phi) is 11.6. The first-order valence-electron chi connectivity index (χ1n) is 17.7. The lowest BCUT2D eigenvalue weighted by atomic mass is 10.0. The van der Waals surface area contributed by atoms with Crippen LogP contribution in [0.15, 0.2) is 137 Å². The molecule has 13 nitrogen and oxygen atoms in total. The average molecular weight is 813 g/mol. The van der Waals surface area contributed by atoms with Crippen LogP contribution in [0.2, 0.25) is 0 Å². The van der Waals surface area contributed by atoms with Crippen LogP contribution >= 0.6 is 11.8 Å². The summed E-state index contributed by atoms with van der Waals surface area (Å²) in [5.74, 6) is 1.42. The lowest BCUT2D eigenvalue weighted by Crippen LogP contribution is -2.14. The van der Waals surface area contributed by atoms with Crippen molar-refractivity contribution in [1.29, 1.82) is 0 Å². The van der Waals surface area contributed by atoms with E-state index in [-0.39, 0.29) is 22.3 Å². The molecule has 7 aromatic rings. The van der Waals surface area contributed by atoms with Crippen molar-refractivity contribution in [1.82, 2.24) is 19.7 Å². The Bertz CT molecular complexity index is 2750. The third kappa shape index (κ3) is 8.61. The van der Waals surface area contributed by atoms with E-state index in [0.717, 1.165) is 16.6 Å². The molecule has 0 fully saturated rings. The third-order valence-corrected chi connectivity index (χ3v) is 10.8. The van der Waals surface area contributed by atoms with Gasteiger partial charge in [-0.15, -0.1) is 10.2 Å². The zero-order valence-corrected chi connectivity index (χ0v) is 33.1. The number of para-hydroxylation sites is 2. The topological polar surface area (TPSA) is 178 Å². The summed E-state index contributed by atoms with van der Waals surface area (Å²) in [7, 11) is 0.699. The highest BCUT2D eigenvalue weighted by molar-refractivity contribution is 7.99. The molecular formula is C43H36N6O7S2. The molecule has 0 bridgehead atoms. The van der Waals surface area contributed by atoms with Crippen molar-refractivity contribution in [3.63, 3.8) is 0 Å². The van der Waals surface area contributed by atoms with Gasteiger partial charge in [0.1, 0.15) is 0 Å². The number of carbonyl (C=O) groups excluding carboxylic acids is 2. The van der Waals surface area contributed by atoms with Gasteiger partial charge in [-0.25, -0.2) is 18.5 Å². The zero-order chi connectivity index (χ0) is 40.8. The molecule has 0 aliphatic heterocycles. The van der Waals surface area contributed by atoms with Crippen LogP contribution in [0, 0.1) is 0 Å². The second-order valence-electron chi connectivity index (χ2n) is 12.7. The molecule has 3 N–H and O–H groups in total. The highest BCUT2D eigenvalue weighted by atomic mass is 32.2. The molecule has 0 unspecified atom stereocenters. The van der Waals surface area contributed by atoms with Crippen LogP contribution in [0.5, 0.6) is 17.2 Å². The minimum absolute atomic E-state index is 0.00291. The fourth-order valence-corrected chi connectivity index (χ4v) is 7.45. The molecule has 7 rings (SSSR count). The fraction of sp³-hybridized carbons (Fsp3) is 0.0930. The van der Waals surface area contributed by atoms with Crippen molar-refractivity contribution >= 4 is 56.1 Å². The normalized spacial score (nSPS) is 11.4. The Hall–Kier alpha value is -6.81. The number of anilines is 1. The van der Waals surface area contributed by atoms with E-state index in [1.165, 1.54) is 51.3 Å². The van der Waals surface area contributed by atoms with Gasteiger partial charge < -0.3 is 19.5 Å². The Morgan fingerprint density at radius 3 is 2.14 bits per heavy atom. The molecule has 0 aliphatic rings. The standard InChI is InChI=1S/C43H36N6O7S2/c1-54-38-23-27(24-39(55-2)41(38)56-3)13-22-37(50)29-14-18-30(19-15-29)45-40(51)26-57-43-48-47-42(49(43)31-9-5-4-6-10-31)34-25-36(46-35-12-8-7-11-33(34)35)28-16-20-32(21-17-28)58(44,52)53/h4-25H,26H2,1-3H3,(H,45,51)(H2,44,52,53)/b22-13+. The maximum atomic E-state index is 13.3. The van der Waals surface area contributed by atoms with E-state index in [1.54, 1.807) is 54.6 Å². The smallest absolute Gasteiger partial charge is 0.238 e.